The summed E-state index contributed by atoms with van der Waals surface area (Å²) in [6.45, 7) is 5.66. The molecule has 84 valence electrons. The second kappa shape index (κ2) is 4.49. The molecule has 2 N–H and O–H groups in total. The Kier molecular flexibility index (Phi) is 3.06. The van der Waals surface area contributed by atoms with E-state index in [-0.39, 0.29) is 0 Å². The summed E-state index contributed by atoms with van der Waals surface area (Å²) in [5.74, 6) is 0. The van der Waals surface area contributed by atoms with E-state index in [1.165, 1.54) is 16.6 Å². The van der Waals surface area contributed by atoms with E-state index >= 15 is 0 Å². The van der Waals surface area contributed by atoms with Crippen LogP contribution in [0.4, 0.5) is 0 Å². The molecule has 0 bridgehead atoms. The van der Waals surface area contributed by atoms with Gasteiger partial charge in [-0.3, -0.25) is 0 Å². The Morgan fingerprint density at radius 3 is 2.75 bits per heavy atom. The zero-order valence-electron chi connectivity index (χ0n) is 9.77. The van der Waals surface area contributed by atoms with Crippen LogP contribution >= 0.6 is 0 Å². The molecule has 0 atom stereocenters. The molecule has 2 rings (SSSR count). The van der Waals surface area contributed by atoms with E-state index in [1.807, 2.05) is 12.4 Å². The predicted octanol–water partition coefficient (Wildman–Crippen LogP) is 2.17. The number of hydrogen-bond acceptors (Lipinski definition) is 2. The molecule has 0 amide bonds. The van der Waals surface area contributed by atoms with Crippen molar-refractivity contribution in [2.24, 2.45) is 5.73 Å². The van der Waals surface area contributed by atoms with E-state index < -0.39 is 0 Å². The number of aromatic nitrogens is 2. The zero-order chi connectivity index (χ0) is 11.5. The lowest BCUT2D eigenvalue weighted by molar-refractivity contribution is 0.846. The monoisotopic (exact) mass is 215 g/mol. The van der Waals surface area contributed by atoms with Gasteiger partial charge in [-0.1, -0.05) is 12.2 Å². The first kappa shape index (κ1) is 10.9. The zero-order valence-corrected chi connectivity index (χ0v) is 9.77. The van der Waals surface area contributed by atoms with Gasteiger partial charge >= 0.3 is 0 Å². The maximum absolute atomic E-state index is 5.41. The molecule has 0 aliphatic heterocycles. The molecule has 0 fully saturated rings. The second-order valence-corrected chi connectivity index (χ2v) is 4.03. The number of nitrogens with two attached hydrogens (primary N) is 1. The molecule has 0 spiro atoms. The summed E-state index contributed by atoms with van der Waals surface area (Å²) in [7, 11) is 0. The Bertz CT molecular complexity index is 523. The van der Waals surface area contributed by atoms with Crippen molar-refractivity contribution in [2.45, 2.75) is 20.4 Å². The highest BCUT2D eigenvalue weighted by Gasteiger charge is 2.03. The molecule has 0 unspecified atom stereocenters. The third kappa shape index (κ3) is 1.99. The summed E-state index contributed by atoms with van der Waals surface area (Å²) in [5, 5.41) is 0. The minimum atomic E-state index is 0.588. The van der Waals surface area contributed by atoms with Crippen LogP contribution < -0.4 is 5.73 Å². The molecule has 3 nitrogen and oxygen atoms in total. The highest BCUT2D eigenvalue weighted by molar-refractivity contribution is 5.77. The van der Waals surface area contributed by atoms with Gasteiger partial charge in [0.1, 0.15) is 0 Å². The van der Waals surface area contributed by atoms with Crippen LogP contribution in [-0.4, -0.2) is 16.1 Å². The summed E-state index contributed by atoms with van der Waals surface area (Å²) in [6.07, 6.45) is 5.91. The Morgan fingerprint density at radius 1 is 1.25 bits per heavy atom. The van der Waals surface area contributed by atoms with Crippen molar-refractivity contribution >= 4 is 11.0 Å². The van der Waals surface area contributed by atoms with Gasteiger partial charge in [0.05, 0.1) is 17.4 Å². The molecular weight excluding hydrogens is 198 g/mol. The summed E-state index contributed by atoms with van der Waals surface area (Å²) in [6, 6.07) is 4.32. The van der Waals surface area contributed by atoms with Crippen molar-refractivity contribution in [3.05, 3.63) is 41.7 Å². The van der Waals surface area contributed by atoms with Gasteiger partial charge < -0.3 is 10.3 Å². The standard InChI is InChI=1S/C13H17N3/c1-10-7-12-13(8-11(10)2)16(9-15-12)6-4-3-5-14/h3-4,7-9H,5-6,14H2,1-2H3. The van der Waals surface area contributed by atoms with Crippen molar-refractivity contribution < 1.29 is 0 Å². The maximum Gasteiger partial charge on any atom is 0.0961 e. The molecule has 1 aromatic carbocycles. The summed E-state index contributed by atoms with van der Waals surface area (Å²) < 4.78 is 2.13. The fraction of sp³-hybridized carbons (Fsp3) is 0.308. The maximum atomic E-state index is 5.41. The summed E-state index contributed by atoms with van der Waals surface area (Å²) in [5.41, 5.74) is 10.2. The lowest BCUT2D eigenvalue weighted by atomic mass is 10.1. The van der Waals surface area contributed by atoms with E-state index in [0.29, 0.717) is 6.54 Å². The topological polar surface area (TPSA) is 43.8 Å². The molecule has 0 saturated heterocycles. The number of allylic oxidation sites excluding steroid dienone is 1. The molecular formula is C13H17N3. The number of hydrogen-bond donors (Lipinski definition) is 1. The average molecular weight is 215 g/mol. The predicted molar refractivity (Wildman–Crippen MR) is 67.4 cm³/mol. The first-order valence-electron chi connectivity index (χ1n) is 5.49. The first-order valence-corrected chi connectivity index (χ1v) is 5.49. The minimum Gasteiger partial charge on any atom is -0.327 e. The Balaban J connectivity index is 2.40. The van der Waals surface area contributed by atoms with Crippen molar-refractivity contribution in [1.29, 1.82) is 0 Å². The van der Waals surface area contributed by atoms with Crippen molar-refractivity contribution in [3.8, 4) is 0 Å². The Morgan fingerprint density at radius 2 is 2.00 bits per heavy atom. The van der Waals surface area contributed by atoms with Crippen LogP contribution in [0, 0.1) is 13.8 Å². The van der Waals surface area contributed by atoms with E-state index in [9.17, 15) is 0 Å². The third-order valence-electron chi connectivity index (χ3n) is 2.84. The van der Waals surface area contributed by atoms with Gasteiger partial charge in [0.25, 0.3) is 0 Å². The lowest BCUT2D eigenvalue weighted by Crippen LogP contribution is -1.96. The number of aryl methyl sites for hydroxylation is 2. The second-order valence-electron chi connectivity index (χ2n) is 4.03. The molecule has 3 heteroatoms. The van der Waals surface area contributed by atoms with E-state index in [4.69, 9.17) is 5.73 Å². The molecule has 1 heterocycles. The van der Waals surface area contributed by atoms with Crippen molar-refractivity contribution in [2.75, 3.05) is 6.54 Å². The van der Waals surface area contributed by atoms with Crippen LogP contribution in [0.3, 0.4) is 0 Å². The van der Waals surface area contributed by atoms with Gasteiger partial charge in [-0.25, -0.2) is 4.98 Å². The minimum absolute atomic E-state index is 0.588. The fourth-order valence-electron chi connectivity index (χ4n) is 1.74. The molecule has 0 saturated carbocycles. The van der Waals surface area contributed by atoms with Crippen LogP contribution in [0.1, 0.15) is 11.1 Å². The third-order valence-corrected chi connectivity index (χ3v) is 2.84. The van der Waals surface area contributed by atoms with Crippen LogP contribution in [0.2, 0.25) is 0 Å². The van der Waals surface area contributed by atoms with Crippen LogP contribution in [0.25, 0.3) is 11.0 Å². The molecule has 2 aromatic rings. The molecule has 1 aromatic heterocycles. The largest absolute Gasteiger partial charge is 0.327 e. The smallest absolute Gasteiger partial charge is 0.0961 e. The van der Waals surface area contributed by atoms with Gasteiger partial charge in [0.2, 0.25) is 0 Å². The van der Waals surface area contributed by atoms with Crippen LogP contribution in [0.5, 0.6) is 0 Å². The van der Waals surface area contributed by atoms with Crippen LogP contribution in [0.15, 0.2) is 30.6 Å². The highest BCUT2D eigenvalue weighted by Crippen LogP contribution is 2.18. The van der Waals surface area contributed by atoms with E-state index in [0.717, 1.165) is 12.1 Å². The van der Waals surface area contributed by atoms with Gasteiger partial charge in [0, 0.05) is 13.1 Å². The molecule has 0 aliphatic carbocycles. The van der Waals surface area contributed by atoms with Gasteiger partial charge in [-0.2, -0.15) is 0 Å². The van der Waals surface area contributed by atoms with Gasteiger partial charge in [-0.05, 0) is 37.1 Å². The van der Waals surface area contributed by atoms with E-state index in [2.05, 4.69) is 41.6 Å². The van der Waals surface area contributed by atoms with Gasteiger partial charge in [-0.15, -0.1) is 0 Å². The number of nitrogens with zero attached hydrogens (tertiary/aromatic N) is 2. The van der Waals surface area contributed by atoms with Crippen LogP contribution in [-0.2, 0) is 6.54 Å². The highest BCUT2D eigenvalue weighted by atomic mass is 15.0. The number of fused-ring (bicyclic) bond motifs is 1. The van der Waals surface area contributed by atoms with Gasteiger partial charge in [0.15, 0.2) is 0 Å². The molecule has 16 heavy (non-hydrogen) atoms. The normalized spacial score (nSPS) is 11.7. The Hall–Kier alpha value is -1.61. The quantitative estimate of drug-likeness (QED) is 0.797. The number of rotatable bonds is 3. The summed E-state index contributed by atoms with van der Waals surface area (Å²) >= 11 is 0. The van der Waals surface area contributed by atoms with E-state index in [1.54, 1.807) is 0 Å². The SMILES string of the molecule is Cc1cc2ncn(CC=CCN)c2cc1C. The number of benzene rings is 1. The summed E-state index contributed by atoms with van der Waals surface area (Å²) in [4.78, 5) is 4.40. The fourth-order valence-corrected chi connectivity index (χ4v) is 1.74. The van der Waals surface area contributed by atoms with Crippen molar-refractivity contribution in [1.82, 2.24) is 9.55 Å². The number of imidazole rings is 1. The van der Waals surface area contributed by atoms with Crippen molar-refractivity contribution in [3.63, 3.8) is 0 Å². The molecule has 0 aliphatic rings. The molecule has 0 radical (unpaired) electrons. The Labute approximate surface area is 95.6 Å². The average Bonchev–Trinajstić information content (AvgIpc) is 2.63. The lowest BCUT2D eigenvalue weighted by Gasteiger charge is -2.03. The first-order chi connectivity index (χ1) is 7.72.